The first-order valence-electron chi connectivity index (χ1n) is 9.28. The Labute approximate surface area is 159 Å². The van der Waals surface area contributed by atoms with Gasteiger partial charge in [-0.2, -0.15) is 0 Å². The van der Waals surface area contributed by atoms with Crippen LogP contribution in [0.3, 0.4) is 0 Å². The number of carbonyl (C=O) groups excluding carboxylic acids is 1. The van der Waals surface area contributed by atoms with Crippen molar-refractivity contribution in [3.05, 3.63) is 72.3 Å². The number of H-pyrrole nitrogens is 1. The normalized spacial score (nSPS) is 14.9. The van der Waals surface area contributed by atoms with Gasteiger partial charge in [-0.15, -0.1) is 0 Å². The van der Waals surface area contributed by atoms with E-state index in [0.717, 1.165) is 54.2 Å². The molecule has 0 atom stereocenters. The Morgan fingerprint density at radius 2 is 1.85 bits per heavy atom. The van der Waals surface area contributed by atoms with Crippen LogP contribution < -0.4 is 4.74 Å². The second-order valence-corrected chi connectivity index (χ2v) is 6.82. The molecule has 1 amide bonds. The number of likely N-dealkylation sites (tertiary alicyclic amines) is 1. The average Bonchev–Trinajstić information content (AvgIpc) is 3.28. The van der Waals surface area contributed by atoms with Gasteiger partial charge in [-0.3, -0.25) is 4.79 Å². The summed E-state index contributed by atoms with van der Waals surface area (Å²) in [6, 6.07) is 15.7. The van der Waals surface area contributed by atoms with E-state index in [0.29, 0.717) is 5.92 Å². The number of benzene rings is 2. The zero-order valence-electron chi connectivity index (χ0n) is 15.4. The van der Waals surface area contributed by atoms with Crippen molar-refractivity contribution >= 4 is 5.91 Å². The fourth-order valence-corrected chi connectivity index (χ4v) is 3.71. The summed E-state index contributed by atoms with van der Waals surface area (Å²) in [7, 11) is 1.67. The van der Waals surface area contributed by atoms with E-state index in [4.69, 9.17) is 4.74 Å². The third-order valence-corrected chi connectivity index (χ3v) is 5.24. The van der Waals surface area contributed by atoms with Crippen LogP contribution in [0.5, 0.6) is 5.75 Å². The molecule has 1 fully saturated rings. The number of piperidine rings is 1. The summed E-state index contributed by atoms with van der Waals surface area (Å²) < 4.78 is 5.43. The molecule has 0 radical (unpaired) electrons. The van der Waals surface area contributed by atoms with Crippen molar-refractivity contribution in [2.75, 3.05) is 20.2 Å². The molecule has 27 heavy (non-hydrogen) atoms. The number of nitrogens with zero attached hydrogens (tertiary/aromatic N) is 2. The predicted molar refractivity (Wildman–Crippen MR) is 105 cm³/mol. The monoisotopic (exact) mass is 361 g/mol. The van der Waals surface area contributed by atoms with E-state index in [1.54, 1.807) is 13.3 Å². The Morgan fingerprint density at radius 3 is 2.52 bits per heavy atom. The summed E-state index contributed by atoms with van der Waals surface area (Å²) in [4.78, 5) is 22.3. The third kappa shape index (κ3) is 3.58. The minimum Gasteiger partial charge on any atom is -0.496 e. The van der Waals surface area contributed by atoms with Gasteiger partial charge in [0.15, 0.2) is 0 Å². The van der Waals surface area contributed by atoms with E-state index >= 15 is 0 Å². The van der Waals surface area contributed by atoms with Crippen molar-refractivity contribution in [1.29, 1.82) is 0 Å². The molecule has 1 aliphatic rings. The minimum atomic E-state index is 0.0967. The van der Waals surface area contributed by atoms with Crippen molar-refractivity contribution in [1.82, 2.24) is 14.9 Å². The largest absolute Gasteiger partial charge is 0.496 e. The first-order valence-corrected chi connectivity index (χ1v) is 9.28. The smallest absolute Gasteiger partial charge is 0.253 e. The molecule has 1 N–H and O–H groups in total. The number of rotatable bonds is 4. The van der Waals surface area contributed by atoms with Gasteiger partial charge in [0.1, 0.15) is 11.6 Å². The molecule has 0 spiro atoms. The summed E-state index contributed by atoms with van der Waals surface area (Å²) >= 11 is 0. The first kappa shape index (κ1) is 17.3. The maximum absolute atomic E-state index is 12.8. The van der Waals surface area contributed by atoms with Gasteiger partial charge in [0.25, 0.3) is 5.91 Å². The Bertz CT molecular complexity index is 896. The van der Waals surface area contributed by atoms with Crippen molar-refractivity contribution in [3.8, 4) is 16.9 Å². The van der Waals surface area contributed by atoms with Crippen LogP contribution in [0.1, 0.15) is 34.9 Å². The van der Waals surface area contributed by atoms with Gasteiger partial charge in [-0.25, -0.2) is 4.98 Å². The van der Waals surface area contributed by atoms with Gasteiger partial charge in [0.2, 0.25) is 0 Å². The Hall–Kier alpha value is -3.08. The van der Waals surface area contributed by atoms with E-state index in [2.05, 4.69) is 9.97 Å². The van der Waals surface area contributed by atoms with Crippen molar-refractivity contribution in [2.45, 2.75) is 18.8 Å². The number of para-hydroxylation sites is 1. The fraction of sp³-hybridized carbons (Fsp3) is 0.273. The summed E-state index contributed by atoms with van der Waals surface area (Å²) in [6.07, 6.45) is 5.53. The number of amides is 1. The topological polar surface area (TPSA) is 58.2 Å². The maximum Gasteiger partial charge on any atom is 0.253 e. The molecule has 138 valence electrons. The van der Waals surface area contributed by atoms with Crippen molar-refractivity contribution < 1.29 is 9.53 Å². The molecule has 0 saturated carbocycles. The van der Waals surface area contributed by atoms with E-state index in [-0.39, 0.29) is 5.91 Å². The second-order valence-electron chi connectivity index (χ2n) is 6.82. The molecule has 2 heterocycles. The second kappa shape index (κ2) is 7.66. The molecule has 3 aromatic rings. The third-order valence-electron chi connectivity index (χ3n) is 5.24. The number of imidazole rings is 1. The number of methoxy groups -OCH3 is 1. The zero-order chi connectivity index (χ0) is 18.6. The molecule has 0 unspecified atom stereocenters. The van der Waals surface area contributed by atoms with Crippen molar-refractivity contribution in [3.63, 3.8) is 0 Å². The van der Waals surface area contributed by atoms with Gasteiger partial charge in [0.05, 0.1) is 7.11 Å². The number of aromatic nitrogens is 2. The summed E-state index contributed by atoms with van der Waals surface area (Å²) in [5.41, 5.74) is 2.80. The van der Waals surface area contributed by atoms with Gasteiger partial charge in [-0.05, 0) is 36.6 Å². The Morgan fingerprint density at radius 1 is 1.11 bits per heavy atom. The molecule has 1 aromatic heterocycles. The van der Waals surface area contributed by atoms with E-state index < -0.39 is 0 Å². The number of ether oxygens (including phenoxy) is 1. The number of carbonyl (C=O) groups is 1. The summed E-state index contributed by atoms with van der Waals surface area (Å²) in [6.45, 7) is 1.52. The molecule has 5 nitrogen and oxygen atoms in total. The number of hydrogen-bond donors (Lipinski definition) is 1. The highest BCUT2D eigenvalue weighted by atomic mass is 16.5. The lowest BCUT2D eigenvalue weighted by atomic mass is 9.95. The number of nitrogens with one attached hydrogen (secondary N) is 1. The highest BCUT2D eigenvalue weighted by Crippen LogP contribution is 2.30. The van der Waals surface area contributed by atoms with Gasteiger partial charge in [0, 0.05) is 42.5 Å². The van der Waals surface area contributed by atoms with Gasteiger partial charge < -0.3 is 14.6 Å². The van der Waals surface area contributed by atoms with Crippen LogP contribution in [-0.4, -0.2) is 41.0 Å². The minimum absolute atomic E-state index is 0.0967. The van der Waals surface area contributed by atoms with Crippen molar-refractivity contribution in [2.24, 2.45) is 0 Å². The summed E-state index contributed by atoms with van der Waals surface area (Å²) in [5.74, 6) is 2.37. The van der Waals surface area contributed by atoms with Crippen LogP contribution in [0.15, 0.2) is 60.9 Å². The molecule has 0 aliphatic carbocycles. The maximum atomic E-state index is 12.8. The van der Waals surface area contributed by atoms with Crippen LogP contribution in [0.2, 0.25) is 0 Å². The average molecular weight is 361 g/mol. The number of aromatic amines is 1. The number of hydrogen-bond acceptors (Lipinski definition) is 3. The summed E-state index contributed by atoms with van der Waals surface area (Å²) in [5, 5.41) is 0. The highest BCUT2D eigenvalue weighted by Gasteiger charge is 2.25. The van der Waals surface area contributed by atoms with Crippen LogP contribution in [-0.2, 0) is 0 Å². The van der Waals surface area contributed by atoms with Crippen LogP contribution in [0.4, 0.5) is 0 Å². The van der Waals surface area contributed by atoms with Crippen LogP contribution in [0.25, 0.3) is 11.1 Å². The van der Waals surface area contributed by atoms with Crippen LogP contribution >= 0.6 is 0 Å². The quantitative estimate of drug-likeness (QED) is 0.761. The first-order chi connectivity index (χ1) is 13.3. The standard InChI is InChI=1S/C22H23N3O2/c1-27-20-5-3-2-4-19(20)16-6-8-18(9-7-16)22(26)25-14-10-17(11-15-25)21-23-12-13-24-21/h2-9,12-13,17H,10-11,14-15H2,1H3,(H,23,24). The molecule has 1 aliphatic heterocycles. The van der Waals surface area contributed by atoms with Crippen LogP contribution in [0, 0.1) is 0 Å². The molecular weight excluding hydrogens is 338 g/mol. The Balaban J connectivity index is 1.44. The lowest BCUT2D eigenvalue weighted by molar-refractivity contribution is 0.0711. The van der Waals surface area contributed by atoms with E-state index in [1.165, 1.54) is 0 Å². The molecule has 5 heteroatoms. The van der Waals surface area contributed by atoms with E-state index in [9.17, 15) is 4.79 Å². The van der Waals surface area contributed by atoms with E-state index in [1.807, 2.05) is 59.6 Å². The van der Waals surface area contributed by atoms with Gasteiger partial charge >= 0.3 is 0 Å². The molecule has 0 bridgehead atoms. The molecular formula is C22H23N3O2. The lowest BCUT2D eigenvalue weighted by Crippen LogP contribution is -2.38. The predicted octanol–water partition coefficient (Wildman–Crippen LogP) is 4.11. The molecule has 4 rings (SSSR count). The lowest BCUT2D eigenvalue weighted by Gasteiger charge is -2.31. The fourth-order valence-electron chi connectivity index (χ4n) is 3.71. The SMILES string of the molecule is COc1ccccc1-c1ccc(C(=O)N2CCC(c3ncc[nH]3)CC2)cc1. The molecule has 2 aromatic carbocycles. The molecule has 1 saturated heterocycles. The Kier molecular flexibility index (Phi) is 4.92. The highest BCUT2D eigenvalue weighted by molar-refractivity contribution is 5.95. The van der Waals surface area contributed by atoms with Gasteiger partial charge in [-0.1, -0.05) is 30.3 Å². The zero-order valence-corrected chi connectivity index (χ0v) is 15.4.